The van der Waals surface area contributed by atoms with E-state index >= 15 is 0 Å². The number of benzene rings is 2. The molecular formula is C14H10IN3O3. The molecule has 106 valence electrons. The van der Waals surface area contributed by atoms with E-state index in [1.807, 2.05) is 6.07 Å². The van der Waals surface area contributed by atoms with Crippen molar-refractivity contribution >= 4 is 40.4 Å². The predicted molar refractivity (Wildman–Crippen MR) is 87.3 cm³/mol. The van der Waals surface area contributed by atoms with Gasteiger partial charge in [0.05, 0.1) is 11.1 Å². The van der Waals surface area contributed by atoms with Crippen molar-refractivity contribution in [1.82, 2.24) is 5.43 Å². The number of rotatable bonds is 4. The Hall–Kier alpha value is -2.29. The van der Waals surface area contributed by atoms with E-state index in [0.717, 1.165) is 3.57 Å². The molecule has 21 heavy (non-hydrogen) atoms. The van der Waals surface area contributed by atoms with Crippen LogP contribution in [0.3, 0.4) is 0 Å². The molecule has 0 fully saturated rings. The molecule has 0 radical (unpaired) electrons. The summed E-state index contributed by atoms with van der Waals surface area (Å²) in [5.41, 5.74) is 3.39. The first-order chi connectivity index (χ1) is 10.1. The van der Waals surface area contributed by atoms with E-state index in [0.29, 0.717) is 11.1 Å². The highest BCUT2D eigenvalue weighted by Crippen LogP contribution is 2.11. The Balaban J connectivity index is 2.04. The molecular weight excluding hydrogens is 385 g/mol. The van der Waals surface area contributed by atoms with Gasteiger partial charge in [-0.15, -0.1) is 0 Å². The van der Waals surface area contributed by atoms with E-state index in [4.69, 9.17) is 0 Å². The maximum atomic E-state index is 11.8. The second-order valence-electron chi connectivity index (χ2n) is 4.06. The quantitative estimate of drug-likeness (QED) is 0.374. The van der Waals surface area contributed by atoms with Crippen molar-refractivity contribution in [2.45, 2.75) is 0 Å². The van der Waals surface area contributed by atoms with Crippen molar-refractivity contribution in [2.75, 3.05) is 0 Å². The molecule has 0 aliphatic rings. The van der Waals surface area contributed by atoms with E-state index in [2.05, 4.69) is 33.1 Å². The fraction of sp³-hybridized carbons (Fsp3) is 0. The lowest BCUT2D eigenvalue weighted by Crippen LogP contribution is -2.17. The fourth-order valence-corrected chi connectivity index (χ4v) is 2.12. The lowest BCUT2D eigenvalue weighted by molar-refractivity contribution is -0.384. The molecule has 0 heterocycles. The maximum Gasteiger partial charge on any atom is 0.271 e. The summed E-state index contributed by atoms with van der Waals surface area (Å²) in [6.07, 6.45) is 1.36. The third kappa shape index (κ3) is 4.35. The summed E-state index contributed by atoms with van der Waals surface area (Å²) >= 11 is 2.11. The van der Waals surface area contributed by atoms with Gasteiger partial charge < -0.3 is 0 Å². The molecule has 7 heteroatoms. The summed E-state index contributed by atoms with van der Waals surface area (Å²) in [5, 5.41) is 14.4. The first-order valence-corrected chi connectivity index (χ1v) is 6.97. The zero-order valence-electron chi connectivity index (χ0n) is 10.7. The number of hydrazone groups is 1. The van der Waals surface area contributed by atoms with Crippen LogP contribution in [0.4, 0.5) is 5.69 Å². The molecule has 0 aliphatic carbocycles. The summed E-state index contributed by atoms with van der Waals surface area (Å²) in [6.45, 7) is 0. The second-order valence-corrected chi connectivity index (χ2v) is 5.31. The number of halogens is 1. The van der Waals surface area contributed by atoms with Crippen molar-refractivity contribution in [2.24, 2.45) is 5.10 Å². The average molecular weight is 395 g/mol. The Morgan fingerprint density at radius 3 is 2.71 bits per heavy atom. The van der Waals surface area contributed by atoms with Crippen LogP contribution in [-0.4, -0.2) is 17.0 Å². The highest BCUT2D eigenvalue weighted by atomic mass is 127. The van der Waals surface area contributed by atoms with Gasteiger partial charge in [-0.1, -0.05) is 18.2 Å². The minimum atomic E-state index is -0.484. The smallest absolute Gasteiger partial charge is 0.267 e. The number of hydrogen-bond donors (Lipinski definition) is 1. The van der Waals surface area contributed by atoms with Crippen LogP contribution in [-0.2, 0) is 0 Å². The number of amides is 1. The molecule has 1 N–H and O–H groups in total. The van der Waals surface area contributed by atoms with Gasteiger partial charge in [0, 0.05) is 26.8 Å². The van der Waals surface area contributed by atoms with Gasteiger partial charge in [-0.3, -0.25) is 14.9 Å². The van der Waals surface area contributed by atoms with Crippen molar-refractivity contribution in [3.05, 3.63) is 73.3 Å². The van der Waals surface area contributed by atoms with Gasteiger partial charge in [0.2, 0.25) is 0 Å². The Morgan fingerprint density at radius 2 is 2.00 bits per heavy atom. The van der Waals surface area contributed by atoms with Crippen LogP contribution >= 0.6 is 22.6 Å². The first kappa shape index (κ1) is 15.1. The number of nitrogens with zero attached hydrogens (tertiary/aromatic N) is 2. The van der Waals surface area contributed by atoms with Gasteiger partial charge in [0.15, 0.2) is 0 Å². The summed E-state index contributed by atoms with van der Waals surface area (Å²) in [6, 6.07) is 13.1. The van der Waals surface area contributed by atoms with E-state index in [9.17, 15) is 14.9 Å². The molecule has 1 amide bonds. The van der Waals surface area contributed by atoms with Gasteiger partial charge in [0.1, 0.15) is 0 Å². The monoisotopic (exact) mass is 395 g/mol. The van der Waals surface area contributed by atoms with Crippen LogP contribution in [0, 0.1) is 13.7 Å². The van der Waals surface area contributed by atoms with Gasteiger partial charge in [0.25, 0.3) is 11.6 Å². The number of carbonyl (C=O) groups is 1. The molecule has 0 unspecified atom stereocenters. The zero-order chi connectivity index (χ0) is 15.2. The van der Waals surface area contributed by atoms with Gasteiger partial charge in [-0.25, -0.2) is 5.43 Å². The molecule has 0 saturated heterocycles. The van der Waals surface area contributed by atoms with E-state index in [1.165, 1.54) is 18.3 Å². The molecule has 0 atom stereocenters. The minimum Gasteiger partial charge on any atom is -0.267 e. The fourth-order valence-electron chi connectivity index (χ4n) is 1.58. The summed E-state index contributed by atoms with van der Waals surface area (Å²) < 4.78 is 0.947. The minimum absolute atomic E-state index is 0.0251. The van der Waals surface area contributed by atoms with Gasteiger partial charge >= 0.3 is 0 Å². The maximum absolute atomic E-state index is 11.8. The average Bonchev–Trinajstić information content (AvgIpc) is 2.47. The Labute approximate surface area is 134 Å². The van der Waals surface area contributed by atoms with Gasteiger partial charge in [-0.05, 0) is 40.8 Å². The Bertz CT molecular complexity index is 716. The summed E-state index contributed by atoms with van der Waals surface area (Å²) in [4.78, 5) is 22.0. The number of hydrogen-bond acceptors (Lipinski definition) is 4. The molecule has 0 aromatic heterocycles. The number of nitrogens with one attached hydrogen (secondary N) is 1. The van der Waals surface area contributed by atoms with E-state index in [-0.39, 0.29) is 11.6 Å². The molecule has 0 aliphatic heterocycles. The number of nitro groups is 1. The van der Waals surface area contributed by atoms with Crippen LogP contribution in [0.25, 0.3) is 0 Å². The molecule has 2 aromatic rings. The third-order valence-corrected chi connectivity index (χ3v) is 3.22. The number of nitro benzene ring substituents is 1. The van der Waals surface area contributed by atoms with Crippen LogP contribution < -0.4 is 5.43 Å². The Morgan fingerprint density at radius 1 is 1.24 bits per heavy atom. The first-order valence-electron chi connectivity index (χ1n) is 5.90. The Kier molecular flexibility index (Phi) is 4.99. The number of non-ortho nitro benzene ring substituents is 1. The number of carbonyl (C=O) groups excluding carboxylic acids is 1. The standard InChI is InChI=1S/C14H10IN3O3/c15-12-5-2-4-11(8-12)14(19)17-16-9-10-3-1-6-13(7-10)18(20)21/h1-9H,(H,17,19). The molecule has 0 spiro atoms. The molecule has 6 nitrogen and oxygen atoms in total. The summed E-state index contributed by atoms with van der Waals surface area (Å²) in [7, 11) is 0. The van der Waals surface area contributed by atoms with Crippen LogP contribution in [0.15, 0.2) is 53.6 Å². The van der Waals surface area contributed by atoms with Crippen LogP contribution in [0.5, 0.6) is 0 Å². The highest BCUT2D eigenvalue weighted by molar-refractivity contribution is 14.1. The molecule has 0 saturated carbocycles. The third-order valence-electron chi connectivity index (χ3n) is 2.55. The lowest BCUT2D eigenvalue weighted by Gasteiger charge is -2.00. The highest BCUT2D eigenvalue weighted by Gasteiger charge is 2.05. The zero-order valence-corrected chi connectivity index (χ0v) is 12.9. The molecule has 2 rings (SSSR count). The predicted octanol–water partition coefficient (Wildman–Crippen LogP) is 2.96. The van der Waals surface area contributed by atoms with Crippen LogP contribution in [0.1, 0.15) is 15.9 Å². The largest absolute Gasteiger partial charge is 0.271 e. The molecule has 2 aromatic carbocycles. The van der Waals surface area contributed by atoms with E-state index < -0.39 is 4.92 Å². The second kappa shape index (κ2) is 6.93. The van der Waals surface area contributed by atoms with E-state index in [1.54, 1.807) is 30.3 Å². The topological polar surface area (TPSA) is 84.6 Å². The van der Waals surface area contributed by atoms with Crippen molar-refractivity contribution < 1.29 is 9.72 Å². The molecule has 0 bridgehead atoms. The summed E-state index contributed by atoms with van der Waals surface area (Å²) in [5.74, 6) is -0.338. The lowest BCUT2D eigenvalue weighted by atomic mass is 10.2. The van der Waals surface area contributed by atoms with Gasteiger partial charge in [-0.2, -0.15) is 5.10 Å². The van der Waals surface area contributed by atoms with Crippen LogP contribution in [0.2, 0.25) is 0 Å². The van der Waals surface area contributed by atoms with Crippen molar-refractivity contribution in [1.29, 1.82) is 0 Å². The van der Waals surface area contributed by atoms with Crippen molar-refractivity contribution in [3.8, 4) is 0 Å². The van der Waals surface area contributed by atoms with Crippen molar-refractivity contribution in [3.63, 3.8) is 0 Å². The SMILES string of the molecule is O=C(NN=Cc1cccc([N+](=O)[O-])c1)c1cccc(I)c1. The normalized spacial score (nSPS) is 10.5.